The highest BCUT2D eigenvalue weighted by atomic mass is 32.2. The molecule has 0 bridgehead atoms. The van der Waals surface area contributed by atoms with Gasteiger partial charge in [-0.05, 0) is 12.1 Å². The molecule has 2 heteroatoms. The van der Waals surface area contributed by atoms with E-state index >= 15 is 0 Å². The summed E-state index contributed by atoms with van der Waals surface area (Å²) in [7, 11) is 0. The highest BCUT2D eigenvalue weighted by molar-refractivity contribution is 7.93. The zero-order valence-electron chi connectivity index (χ0n) is 4.20. The first-order valence-corrected chi connectivity index (χ1v) is 3.02. The fourth-order valence-electron chi connectivity index (χ4n) is 0.476. The third kappa shape index (κ3) is 1.25. The van der Waals surface area contributed by atoms with E-state index in [-0.39, 0.29) is 0 Å². The molecular formula is C6H5OS. The normalized spacial score (nSPS) is 9.12. The summed E-state index contributed by atoms with van der Waals surface area (Å²) >= 11 is 0.519. The molecule has 0 spiro atoms. The molecule has 1 aromatic rings. The van der Waals surface area contributed by atoms with Crippen molar-refractivity contribution in [1.82, 2.24) is 0 Å². The van der Waals surface area contributed by atoms with Crippen LogP contribution < -0.4 is 0 Å². The van der Waals surface area contributed by atoms with Gasteiger partial charge in [0.05, 0.1) is 12.0 Å². The maximum absolute atomic E-state index is 10.0. The molecule has 0 heterocycles. The van der Waals surface area contributed by atoms with Crippen molar-refractivity contribution < 1.29 is 4.55 Å². The van der Waals surface area contributed by atoms with Crippen molar-refractivity contribution in [3.8, 4) is 0 Å². The van der Waals surface area contributed by atoms with Crippen molar-refractivity contribution in [2.75, 3.05) is 0 Å². The van der Waals surface area contributed by atoms with Crippen LogP contribution in [-0.4, -0.2) is 0 Å². The maximum Gasteiger partial charge on any atom is 0.0695 e. The van der Waals surface area contributed by atoms with E-state index in [1.807, 2.05) is 18.2 Å². The van der Waals surface area contributed by atoms with E-state index in [0.717, 1.165) is 4.90 Å². The average molecular weight is 125 g/mol. The van der Waals surface area contributed by atoms with E-state index in [2.05, 4.69) is 0 Å². The summed E-state index contributed by atoms with van der Waals surface area (Å²) in [6, 6.07) is 9.16. The van der Waals surface area contributed by atoms with E-state index in [1.165, 1.54) is 0 Å². The minimum atomic E-state index is 0.519. The Morgan fingerprint density at radius 1 is 1.12 bits per heavy atom. The van der Waals surface area contributed by atoms with Crippen LogP contribution in [0, 0.1) is 0 Å². The van der Waals surface area contributed by atoms with Crippen LogP contribution in [0.15, 0.2) is 35.2 Å². The average Bonchev–Trinajstić information content (AvgIpc) is 1.90. The van der Waals surface area contributed by atoms with E-state index in [1.54, 1.807) is 12.1 Å². The van der Waals surface area contributed by atoms with Crippen LogP contribution in [0.1, 0.15) is 0 Å². The smallest absolute Gasteiger partial charge is 0.0695 e. The van der Waals surface area contributed by atoms with Crippen LogP contribution in [0.2, 0.25) is 0 Å². The summed E-state index contributed by atoms with van der Waals surface area (Å²) in [5, 5.41) is 0. The second kappa shape index (κ2) is 2.74. The van der Waals surface area contributed by atoms with E-state index in [4.69, 9.17) is 0 Å². The second-order valence-corrected chi connectivity index (χ2v) is 2.03. The SMILES string of the molecule is [O]Sc1ccccc1. The van der Waals surface area contributed by atoms with Crippen molar-refractivity contribution in [2.24, 2.45) is 0 Å². The molecule has 0 fully saturated rings. The lowest BCUT2D eigenvalue weighted by molar-refractivity contribution is 0.531. The third-order valence-corrected chi connectivity index (χ3v) is 1.30. The first kappa shape index (κ1) is 5.66. The fraction of sp³-hybridized carbons (Fsp3) is 0. The highest BCUT2D eigenvalue weighted by Crippen LogP contribution is 2.11. The lowest BCUT2D eigenvalue weighted by atomic mass is 10.4. The number of hydrogen-bond donors (Lipinski definition) is 0. The molecule has 0 aromatic heterocycles. The van der Waals surface area contributed by atoms with E-state index < -0.39 is 0 Å². The van der Waals surface area contributed by atoms with Gasteiger partial charge in [-0.25, -0.2) is 0 Å². The Balaban J connectivity index is 2.83. The van der Waals surface area contributed by atoms with E-state index in [9.17, 15) is 4.55 Å². The summed E-state index contributed by atoms with van der Waals surface area (Å²) in [6.45, 7) is 0. The summed E-state index contributed by atoms with van der Waals surface area (Å²) in [4.78, 5) is 0.771. The van der Waals surface area contributed by atoms with Crippen LogP contribution in [-0.2, 0) is 4.55 Å². The highest BCUT2D eigenvalue weighted by Gasteiger charge is 1.84. The lowest BCUT2D eigenvalue weighted by Gasteiger charge is -1.85. The van der Waals surface area contributed by atoms with Crippen LogP contribution >= 0.6 is 12.0 Å². The van der Waals surface area contributed by atoms with Gasteiger partial charge in [0.25, 0.3) is 0 Å². The Bertz CT molecular complexity index is 150. The molecule has 0 aliphatic rings. The second-order valence-electron chi connectivity index (χ2n) is 1.40. The fourth-order valence-corrected chi connectivity index (χ4v) is 0.744. The van der Waals surface area contributed by atoms with Gasteiger partial charge in [-0.3, -0.25) is 0 Å². The molecule has 0 unspecified atom stereocenters. The Hall–Kier alpha value is -0.470. The number of hydrogen-bond acceptors (Lipinski definition) is 1. The van der Waals surface area contributed by atoms with Crippen LogP contribution in [0.3, 0.4) is 0 Å². The molecule has 1 nitrogen and oxygen atoms in total. The molecule has 0 saturated heterocycles. The Labute approximate surface area is 52.6 Å². The summed E-state index contributed by atoms with van der Waals surface area (Å²) in [5.74, 6) is 0. The molecule has 41 valence electrons. The Morgan fingerprint density at radius 3 is 2.12 bits per heavy atom. The molecule has 1 aromatic carbocycles. The predicted octanol–water partition coefficient (Wildman–Crippen LogP) is 2.12. The minimum absolute atomic E-state index is 0.519. The van der Waals surface area contributed by atoms with Gasteiger partial charge in [0.2, 0.25) is 0 Å². The van der Waals surface area contributed by atoms with E-state index in [0.29, 0.717) is 12.0 Å². The summed E-state index contributed by atoms with van der Waals surface area (Å²) in [5.41, 5.74) is 0. The molecule has 0 amide bonds. The molecule has 8 heavy (non-hydrogen) atoms. The van der Waals surface area contributed by atoms with Crippen molar-refractivity contribution in [3.63, 3.8) is 0 Å². The Morgan fingerprint density at radius 2 is 1.75 bits per heavy atom. The van der Waals surface area contributed by atoms with Crippen LogP contribution in [0.25, 0.3) is 0 Å². The molecular weight excluding hydrogens is 120 g/mol. The maximum atomic E-state index is 10.0. The van der Waals surface area contributed by atoms with Gasteiger partial charge in [-0.2, -0.15) is 0 Å². The van der Waals surface area contributed by atoms with Gasteiger partial charge in [0, 0.05) is 4.90 Å². The number of benzene rings is 1. The van der Waals surface area contributed by atoms with Crippen molar-refractivity contribution >= 4 is 12.0 Å². The molecule has 0 saturated carbocycles. The monoisotopic (exact) mass is 125 g/mol. The van der Waals surface area contributed by atoms with Gasteiger partial charge < -0.3 is 0 Å². The van der Waals surface area contributed by atoms with Crippen LogP contribution in [0.4, 0.5) is 0 Å². The first-order valence-electron chi connectivity index (χ1n) is 2.28. The van der Waals surface area contributed by atoms with Gasteiger partial charge in [-0.1, -0.05) is 18.2 Å². The molecule has 1 radical (unpaired) electrons. The molecule has 0 aliphatic carbocycles. The lowest BCUT2D eigenvalue weighted by Crippen LogP contribution is -1.62. The first-order chi connectivity index (χ1) is 3.93. The molecule has 0 atom stereocenters. The van der Waals surface area contributed by atoms with Crippen molar-refractivity contribution in [2.45, 2.75) is 4.90 Å². The van der Waals surface area contributed by atoms with Gasteiger partial charge in [0.1, 0.15) is 0 Å². The van der Waals surface area contributed by atoms with Crippen molar-refractivity contribution in [1.29, 1.82) is 0 Å². The molecule has 0 aliphatic heterocycles. The Kier molecular flexibility index (Phi) is 1.94. The van der Waals surface area contributed by atoms with Crippen LogP contribution in [0.5, 0.6) is 0 Å². The summed E-state index contributed by atoms with van der Waals surface area (Å²) < 4.78 is 10.0. The topological polar surface area (TPSA) is 19.9 Å². The standard InChI is InChI=1S/C6H5OS/c7-8-6-4-2-1-3-5-6/h1-5H. The van der Waals surface area contributed by atoms with Crippen molar-refractivity contribution in [3.05, 3.63) is 30.3 Å². The van der Waals surface area contributed by atoms with Gasteiger partial charge in [0.15, 0.2) is 0 Å². The number of rotatable bonds is 1. The minimum Gasteiger partial charge on any atom is -0.145 e. The zero-order valence-corrected chi connectivity index (χ0v) is 5.02. The largest absolute Gasteiger partial charge is 0.145 e. The molecule has 0 N–H and O–H groups in total. The summed E-state index contributed by atoms with van der Waals surface area (Å²) in [6.07, 6.45) is 0. The molecule has 1 rings (SSSR count). The van der Waals surface area contributed by atoms with Gasteiger partial charge >= 0.3 is 0 Å². The quantitative estimate of drug-likeness (QED) is 0.526. The zero-order chi connectivity index (χ0) is 5.82. The third-order valence-electron chi connectivity index (χ3n) is 0.839. The predicted molar refractivity (Wildman–Crippen MR) is 33.0 cm³/mol. The van der Waals surface area contributed by atoms with Gasteiger partial charge in [-0.15, -0.1) is 4.55 Å².